The topological polar surface area (TPSA) is 71.1 Å². The van der Waals surface area contributed by atoms with Gasteiger partial charge in [-0.2, -0.15) is 0 Å². The third kappa shape index (κ3) is 4.43. The van der Waals surface area contributed by atoms with Crippen LogP contribution in [0.3, 0.4) is 0 Å². The van der Waals surface area contributed by atoms with Gasteiger partial charge in [-0.3, -0.25) is 20.4 Å². The number of carbonyl (C=O) groups is 2. The van der Waals surface area contributed by atoms with Crippen LogP contribution < -0.4 is 10.9 Å². The molecule has 0 unspecified atom stereocenters. The summed E-state index contributed by atoms with van der Waals surface area (Å²) in [6, 6.07) is 17.9. The SMILES string of the molecule is O=C(/C=C/c1ccc(Cl)cc1)NNC(=O)c1ccc2ccccc2n1. The van der Waals surface area contributed by atoms with Crippen LogP contribution in [0.15, 0.2) is 66.7 Å². The monoisotopic (exact) mass is 351 g/mol. The fourth-order valence-corrected chi connectivity index (χ4v) is 2.29. The zero-order valence-electron chi connectivity index (χ0n) is 13.1. The number of fused-ring (bicyclic) bond motifs is 1. The minimum Gasteiger partial charge on any atom is -0.268 e. The van der Waals surface area contributed by atoms with Gasteiger partial charge in [-0.25, -0.2) is 4.98 Å². The normalized spacial score (nSPS) is 10.8. The average molecular weight is 352 g/mol. The highest BCUT2D eigenvalue weighted by Gasteiger charge is 2.08. The van der Waals surface area contributed by atoms with Gasteiger partial charge in [0.1, 0.15) is 5.69 Å². The molecule has 2 N–H and O–H groups in total. The molecule has 0 radical (unpaired) electrons. The molecule has 0 saturated heterocycles. The molecule has 0 bridgehead atoms. The number of aromatic nitrogens is 1. The van der Waals surface area contributed by atoms with Crippen LogP contribution in [-0.4, -0.2) is 16.8 Å². The first-order chi connectivity index (χ1) is 12.1. The highest BCUT2D eigenvalue weighted by atomic mass is 35.5. The van der Waals surface area contributed by atoms with Crippen LogP contribution in [-0.2, 0) is 4.79 Å². The van der Waals surface area contributed by atoms with Crippen molar-refractivity contribution >= 4 is 40.4 Å². The molecular weight excluding hydrogens is 338 g/mol. The molecule has 25 heavy (non-hydrogen) atoms. The zero-order valence-corrected chi connectivity index (χ0v) is 13.8. The van der Waals surface area contributed by atoms with Crippen molar-refractivity contribution in [3.05, 3.63) is 83.0 Å². The van der Waals surface area contributed by atoms with Gasteiger partial charge in [0.25, 0.3) is 11.8 Å². The van der Waals surface area contributed by atoms with Gasteiger partial charge in [-0.1, -0.05) is 48.0 Å². The molecule has 2 amide bonds. The molecule has 2 aromatic carbocycles. The van der Waals surface area contributed by atoms with Crippen molar-refractivity contribution in [3.63, 3.8) is 0 Å². The zero-order chi connectivity index (χ0) is 17.6. The summed E-state index contributed by atoms with van der Waals surface area (Å²) in [4.78, 5) is 28.1. The van der Waals surface area contributed by atoms with Gasteiger partial charge in [0.2, 0.25) is 0 Å². The largest absolute Gasteiger partial charge is 0.288 e. The summed E-state index contributed by atoms with van der Waals surface area (Å²) in [6.45, 7) is 0. The number of para-hydroxylation sites is 1. The van der Waals surface area contributed by atoms with E-state index in [0.29, 0.717) is 10.5 Å². The third-order valence-electron chi connectivity index (χ3n) is 3.43. The van der Waals surface area contributed by atoms with Crippen LogP contribution in [0.1, 0.15) is 16.1 Å². The molecule has 6 heteroatoms. The predicted octanol–water partition coefficient (Wildman–Crippen LogP) is 3.36. The maximum atomic E-state index is 12.1. The van der Waals surface area contributed by atoms with Gasteiger partial charge >= 0.3 is 0 Å². The number of pyridine rings is 1. The first-order valence-electron chi connectivity index (χ1n) is 7.51. The number of hydrazine groups is 1. The Kier molecular flexibility index (Phi) is 5.06. The Morgan fingerprint density at radius 1 is 0.920 bits per heavy atom. The maximum Gasteiger partial charge on any atom is 0.288 e. The molecule has 0 aliphatic carbocycles. The number of nitrogens with one attached hydrogen (secondary N) is 2. The molecule has 0 spiro atoms. The van der Waals surface area contributed by atoms with Crippen LogP contribution in [0.2, 0.25) is 5.02 Å². The van der Waals surface area contributed by atoms with Gasteiger partial charge in [0.05, 0.1) is 5.52 Å². The third-order valence-corrected chi connectivity index (χ3v) is 3.68. The lowest BCUT2D eigenvalue weighted by Gasteiger charge is -2.05. The maximum absolute atomic E-state index is 12.1. The molecule has 0 aliphatic rings. The Balaban J connectivity index is 1.59. The Labute approximate surface area is 149 Å². The number of halogens is 1. The number of benzene rings is 2. The first kappa shape index (κ1) is 16.7. The van der Waals surface area contributed by atoms with E-state index in [-0.39, 0.29) is 5.69 Å². The summed E-state index contributed by atoms with van der Waals surface area (Å²) >= 11 is 5.80. The predicted molar refractivity (Wildman–Crippen MR) is 97.8 cm³/mol. The summed E-state index contributed by atoms with van der Waals surface area (Å²) in [5.41, 5.74) is 6.41. The summed E-state index contributed by atoms with van der Waals surface area (Å²) in [5.74, 6) is -0.942. The number of carbonyl (C=O) groups excluding carboxylic acids is 2. The molecule has 3 aromatic rings. The van der Waals surface area contributed by atoms with Gasteiger partial charge in [-0.15, -0.1) is 0 Å². The Hall–Kier alpha value is -3.18. The first-order valence-corrected chi connectivity index (χ1v) is 7.89. The minimum absolute atomic E-state index is 0.223. The van der Waals surface area contributed by atoms with Gasteiger partial charge in [0.15, 0.2) is 0 Å². The number of nitrogens with zero attached hydrogens (tertiary/aromatic N) is 1. The molecule has 5 nitrogen and oxygen atoms in total. The summed E-state index contributed by atoms with van der Waals surface area (Å²) in [7, 11) is 0. The Morgan fingerprint density at radius 3 is 2.48 bits per heavy atom. The lowest BCUT2D eigenvalue weighted by atomic mass is 10.2. The van der Waals surface area contributed by atoms with Crippen LogP contribution in [0.5, 0.6) is 0 Å². The quantitative estimate of drug-likeness (QED) is 0.561. The van der Waals surface area contributed by atoms with Crippen molar-refractivity contribution in [1.82, 2.24) is 15.8 Å². The van der Waals surface area contributed by atoms with E-state index in [2.05, 4.69) is 15.8 Å². The molecule has 0 saturated carbocycles. The van der Waals surface area contributed by atoms with Crippen molar-refractivity contribution in [1.29, 1.82) is 0 Å². The highest BCUT2D eigenvalue weighted by molar-refractivity contribution is 6.30. The fraction of sp³-hybridized carbons (Fsp3) is 0. The molecule has 1 heterocycles. The van der Waals surface area contributed by atoms with E-state index in [0.717, 1.165) is 10.9 Å². The van der Waals surface area contributed by atoms with Crippen LogP contribution >= 0.6 is 11.6 Å². The second-order valence-electron chi connectivity index (χ2n) is 5.22. The Bertz CT molecular complexity index is 952. The fourth-order valence-electron chi connectivity index (χ4n) is 2.16. The van der Waals surface area contributed by atoms with Crippen molar-refractivity contribution in [2.24, 2.45) is 0 Å². The van der Waals surface area contributed by atoms with Crippen LogP contribution in [0, 0.1) is 0 Å². The second kappa shape index (κ2) is 7.59. The van der Waals surface area contributed by atoms with Crippen molar-refractivity contribution in [2.75, 3.05) is 0 Å². The average Bonchev–Trinajstić information content (AvgIpc) is 2.65. The van der Waals surface area contributed by atoms with Crippen LogP contribution in [0.4, 0.5) is 0 Å². The van der Waals surface area contributed by atoms with Crippen molar-refractivity contribution in [2.45, 2.75) is 0 Å². The lowest BCUT2D eigenvalue weighted by Crippen LogP contribution is -2.41. The van der Waals surface area contributed by atoms with E-state index >= 15 is 0 Å². The van der Waals surface area contributed by atoms with Crippen molar-refractivity contribution < 1.29 is 9.59 Å². The molecule has 0 atom stereocenters. The molecule has 3 rings (SSSR count). The number of hydrogen-bond donors (Lipinski definition) is 2. The second-order valence-corrected chi connectivity index (χ2v) is 5.65. The number of amides is 2. The molecule has 1 aromatic heterocycles. The van der Waals surface area contributed by atoms with E-state index in [4.69, 9.17) is 11.6 Å². The number of rotatable bonds is 3. The molecule has 0 fully saturated rings. The minimum atomic E-state index is -0.487. The smallest absolute Gasteiger partial charge is 0.268 e. The molecular formula is C19H14ClN3O2. The van der Waals surface area contributed by atoms with E-state index in [1.807, 2.05) is 24.3 Å². The van der Waals surface area contributed by atoms with Gasteiger partial charge in [0, 0.05) is 16.5 Å². The molecule has 0 aliphatic heterocycles. The van der Waals surface area contributed by atoms with E-state index in [9.17, 15) is 9.59 Å². The summed E-state index contributed by atoms with van der Waals surface area (Å²) in [6.07, 6.45) is 2.93. The van der Waals surface area contributed by atoms with Gasteiger partial charge < -0.3 is 0 Å². The lowest BCUT2D eigenvalue weighted by molar-refractivity contribution is -0.117. The highest BCUT2D eigenvalue weighted by Crippen LogP contribution is 2.12. The Morgan fingerprint density at radius 2 is 1.68 bits per heavy atom. The van der Waals surface area contributed by atoms with E-state index in [1.165, 1.54) is 6.08 Å². The van der Waals surface area contributed by atoms with Crippen molar-refractivity contribution in [3.8, 4) is 0 Å². The molecule has 124 valence electrons. The summed E-state index contributed by atoms with van der Waals surface area (Å²) < 4.78 is 0. The number of hydrogen-bond acceptors (Lipinski definition) is 3. The van der Waals surface area contributed by atoms with E-state index < -0.39 is 11.8 Å². The van der Waals surface area contributed by atoms with E-state index in [1.54, 1.807) is 42.5 Å². The van der Waals surface area contributed by atoms with Crippen LogP contribution in [0.25, 0.3) is 17.0 Å². The standard InChI is InChI=1S/C19H14ClN3O2/c20-15-9-5-13(6-10-15)7-12-18(24)22-23-19(25)17-11-8-14-3-1-2-4-16(14)21-17/h1-12H,(H,22,24)(H,23,25)/b12-7+. The summed E-state index contributed by atoms with van der Waals surface area (Å²) in [5, 5.41) is 1.56. The van der Waals surface area contributed by atoms with Gasteiger partial charge in [-0.05, 0) is 35.9 Å².